The first-order chi connectivity index (χ1) is 14.5. The van der Waals surface area contributed by atoms with Gasteiger partial charge >= 0.3 is 5.00 Å². The maximum Gasteiger partial charge on any atom is 0.337 e. The summed E-state index contributed by atoms with van der Waals surface area (Å²) >= 11 is 0.789. The highest BCUT2D eigenvalue weighted by Gasteiger charge is 2.29. The van der Waals surface area contributed by atoms with E-state index in [2.05, 4.69) is 4.98 Å². The standard InChI is InChI=1S/C21H15N3O5S/c1-2-29-16-10-8-14(12-22-16)23-17(25)11-9-15-18(21(24(27)28)30-20(15)23)19(26)13-6-4-3-5-7-13/h3-12H,2H2,1H3. The van der Waals surface area contributed by atoms with Gasteiger partial charge < -0.3 is 4.74 Å². The third-order valence-corrected chi connectivity index (χ3v) is 5.57. The van der Waals surface area contributed by atoms with Crippen molar-refractivity contribution in [1.82, 2.24) is 9.55 Å². The fourth-order valence-corrected chi connectivity index (χ4v) is 4.26. The number of hydrogen-bond donors (Lipinski definition) is 0. The topological polar surface area (TPSA) is 104 Å². The Morgan fingerprint density at radius 2 is 1.93 bits per heavy atom. The smallest absolute Gasteiger partial charge is 0.337 e. The van der Waals surface area contributed by atoms with Crippen molar-refractivity contribution in [2.24, 2.45) is 0 Å². The molecule has 0 saturated carbocycles. The summed E-state index contributed by atoms with van der Waals surface area (Å²) < 4.78 is 6.64. The zero-order valence-corrected chi connectivity index (χ0v) is 16.6. The van der Waals surface area contributed by atoms with Crippen molar-refractivity contribution in [3.05, 3.63) is 92.4 Å². The normalized spacial score (nSPS) is 10.8. The van der Waals surface area contributed by atoms with Crippen LogP contribution in [-0.2, 0) is 0 Å². The monoisotopic (exact) mass is 421 g/mol. The number of fused-ring (bicyclic) bond motifs is 1. The maximum absolute atomic E-state index is 13.1. The SMILES string of the molecule is CCOc1ccc(-n2c(=O)ccc3c(C(=O)c4ccccc4)c([N+](=O)[O-])sc32)cn1. The molecule has 0 aliphatic carbocycles. The summed E-state index contributed by atoms with van der Waals surface area (Å²) in [6, 6.07) is 14.3. The van der Waals surface area contributed by atoms with Gasteiger partial charge in [-0.05, 0) is 30.4 Å². The Bertz CT molecular complexity index is 1310. The molecule has 8 nitrogen and oxygen atoms in total. The second kappa shape index (κ2) is 7.88. The molecule has 150 valence electrons. The third-order valence-electron chi connectivity index (χ3n) is 4.42. The molecular weight excluding hydrogens is 406 g/mol. The minimum absolute atomic E-state index is 0.0288. The highest BCUT2D eigenvalue weighted by atomic mass is 32.1. The molecule has 3 aromatic heterocycles. The van der Waals surface area contributed by atoms with E-state index in [1.807, 2.05) is 6.92 Å². The first-order valence-electron chi connectivity index (χ1n) is 9.03. The Balaban J connectivity index is 1.96. The molecule has 0 amide bonds. The van der Waals surface area contributed by atoms with Crippen LogP contribution in [-0.4, -0.2) is 26.9 Å². The number of benzene rings is 1. The number of ketones is 1. The van der Waals surface area contributed by atoms with Gasteiger partial charge in [0.05, 0.1) is 23.4 Å². The van der Waals surface area contributed by atoms with E-state index in [1.54, 1.807) is 42.5 Å². The summed E-state index contributed by atoms with van der Waals surface area (Å²) in [7, 11) is 0. The molecule has 3 heterocycles. The molecule has 0 aliphatic rings. The van der Waals surface area contributed by atoms with Gasteiger partial charge in [0, 0.05) is 23.1 Å². The predicted molar refractivity (Wildman–Crippen MR) is 113 cm³/mol. The lowest BCUT2D eigenvalue weighted by atomic mass is 10.0. The van der Waals surface area contributed by atoms with Gasteiger partial charge in [0.25, 0.3) is 5.56 Å². The van der Waals surface area contributed by atoms with Gasteiger partial charge in [0.1, 0.15) is 10.4 Å². The molecule has 0 saturated heterocycles. The van der Waals surface area contributed by atoms with Crippen molar-refractivity contribution < 1.29 is 14.5 Å². The second-order valence-corrected chi connectivity index (χ2v) is 7.23. The molecule has 0 unspecified atom stereocenters. The minimum Gasteiger partial charge on any atom is -0.478 e. The van der Waals surface area contributed by atoms with Crippen molar-refractivity contribution in [2.75, 3.05) is 6.61 Å². The number of nitro groups is 1. The van der Waals surface area contributed by atoms with Crippen LogP contribution in [0.15, 0.2) is 65.6 Å². The van der Waals surface area contributed by atoms with Crippen LogP contribution in [0.4, 0.5) is 5.00 Å². The molecular formula is C21H15N3O5S. The molecule has 0 radical (unpaired) electrons. The summed E-state index contributed by atoms with van der Waals surface area (Å²) in [6.07, 6.45) is 1.45. The average Bonchev–Trinajstić information content (AvgIpc) is 3.14. The van der Waals surface area contributed by atoms with Crippen LogP contribution in [0, 0.1) is 10.1 Å². The summed E-state index contributed by atoms with van der Waals surface area (Å²) in [5, 5.41) is 11.8. The van der Waals surface area contributed by atoms with Crippen LogP contribution < -0.4 is 10.3 Å². The third kappa shape index (κ3) is 3.35. The Labute approximate surface area is 174 Å². The molecule has 1 aromatic carbocycles. The molecule has 0 fully saturated rings. The van der Waals surface area contributed by atoms with Gasteiger partial charge in [0.15, 0.2) is 0 Å². The highest BCUT2D eigenvalue weighted by Crippen LogP contribution is 2.38. The van der Waals surface area contributed by atoms with Crippen LogP contribution in [0.25, 0.3) is 15.9 Å². The first-order valence-corrected chi connectivity index (χ1v) is 9.85. The maximum atomic E-state index is 13.1. The van der Waals surface area contributed by atoms with Gasteiger partial charge in [-0.15, -0.1) is 0 Å². The van der Waals surface area contributed by atoms with E-state index in [0.717, 1.165) is 11.3 Å². The van der Waals surface area contributed by atoms with E-state index in [9.17, 15) is 19.7 Å². The van der Waals surface area contributed by atoms with Gasteiger partial charge in [-0.3, -0.25) is 24.3 Å². The Kier molecular flexibility index (Phi) is 5.11. The quantitative estimate of drug-likeness (QED) is 0.265. The summed E-state index contributed by atoms with van der Waals surface area (Å²) in [5.41, 5.74) is 0.340. The predicted octanol–water partition coefficient (Wildman–Crippen LogP) is 3.99. The van der Waals surface area contributed by atoms with E-state index in [1.165, 1.54) is 22.9 Å². The van der Waals surface area contributed by atoms with Crippen LogP contribution in [0.1, 0.15) is 22.8 Å². The second-order valence-electron chi connectivity index (χ2n) is 6.25. The lowest BCUT2D eigenvalue weighted by Crippen LogP contribution is -2.17. The average molecular weight is 421 g/mol. The van der Waals surface area contributed by atoms with E-state index >= 15 is 0 Å². The summed E-state index contributed by atoms with van der Waals surface area (Å²) in [4.78, 5) is 41.3. The number of carbonyl (C=O) groups excluding carboxylic acids is 1. The lowest BCUT2D eigenvalue weighted by molar-refractivity contribution is -0.380. The minimum atomic E-state index is -0.591. The highest BCUT2D eigenvalue weighted by molar-refractivity contribution is 7.22. The van der Waals surface area contributed by atoms with E-state index in [0.29, 0.717) is 34.0 Å². The van der Waals surface area contributed by atoms with Crippen LogP contribution in [0.5, 0.6) is 5.88 Å². The number of nitrogens with zero attached hydrogens (tertiary/aromatic N) is 3. The number of thiophene rings is 1. The van der Waals surface area contributed by atoms with Gasteiger partial charge in [0.2, 0.25) is 11.7 Å². The van der Waals surface area contributed by atoms with Crippen molar-refractivity contribution in [2.45, 2.75) is 6.92 Å². The van der Waals surface area contributed by atoms with E-state index in [-0.39, 0.29) is 16.1 Å². The Morgan fingerprint density at radius 1 is 1.17 bits per heavy atom. The van der Waals surface area contributed by atoms with Gasteiger partial charge in [-0.1, -0.05) is 30.3 Å². The van der Waals surface area contributed by atoms with Crippen LogP contribution >= 0.6 is 11.3 Å². The molecule has 4 rings (SSSR count). The van der Waals surface area contributed by atoms with Crippen molar-refractivity contribution >= 4 is 32.3 Å². The summed E-state index contributed by atoms with van der Waals surface area (Å²) in [5.74, 6) is -0.0675. The number of hydrogen-bond acceptors (Lipinski definition) is 7. The number of aromatic nitrogens is 2. The van der Waals surface area contributed by atoms with Crippen molar-refractivity contribution in [3.8, 4) is 11.6 Å². The van der Waals surface area contributed by atoms with Gasteiger partial charge in [-0.25, -0.2) is 4.98 Å². The zero-order chi connectivity index (χ0) is 21.3. The molecule has 0 spiro atoms. The first kappa shape index (κ1) is 19.5. The number of pyridine rings is 2. The molecule has 30 heavy (non-hydrogen) atoms. The number of rotatable bonds is 6. The van der Waals surface area contributed by atoms with Crippen molar-refractivity contribution in [1.29, 1.82) is 0 Å². The van der Waals surface area contributed by atoms with Crippen molar-refractivity contribution in [3.63, 3.8) is 0 Å². The molecule has 0 N–H and O–H groups in total. The number of ether oxygens (including phenoxy) is 1. The van der Waals surface area contributed by atoms with E-state index in [4.69, 9.17) is 4.74 Å². The zero-order valence-electron chi connectivity index (χ0n) is 15.8. The molecule has 0 bridgehead atoms. The summed E-state index contributed by atoms with van der Waals surface area (Å²) in [6.45, 7) is 2.28. The fourth-order valence-electron chi connectivity index (χ4n) is 3.13. The number of carbonyl (C=O) groups is 1. The van der Waals surface area contributed by atoms with E-state index < -0.39 is 10.7 Å². The molecule has 4 aromatic rings. The molecule has 0 atom stereocenters. The van der Waals surface area contributed by atoms with Gasteiger partial charge in [-0.2, -0.15) is 0 Å². The molecule has 0 aliphatic heterocycles. The fraction of sp³-hybridized carbons (Fsp3) is 0.0952. The Morgan fingerprint density at radius 3 is 2.57 bits per heavy atom. The molecule has 9 heteroatoms. The largest absolute Gasteiger partial charge is 0.478 e. The van der Waals surface area contributed by atoms with Crippen LogP contribution in [0.2, 0.25) is 0 Å². The van der Waals surface area contributed by atoms with Crippen LogP contribution in [0.3, 0.4) is 0 Å². The lowest BCUT2D eigenvalue weighted by Gasteiger charge is -2.08. The Hall–Kier alpha value is -3.85.